The van der Waals surface area contributed by atoms with E-state index in [1.54, 1.807) is 12.1 Å². The normalized spacial score (nSPS) is 30.1. The molecule has 1 aromatic heterocycles. The number of likely N-dealkylation sites (tertiary alicyclic amines) is 1. The third-order valence-corrected chi connectivity index (χ3v) is 5.90. The van der Waals surface area contributed by atoms with E-state index in [0.29, 0.717) is 17.7 Å². The quantitative estimate of drug-likeness (QED) is 0.737. The smallest absolute Gasteiger partial charge is 0.302 e. The van der Waals surface area contributed by atoms with Gasteiger partial charge in [-0.2, -0.15) is 8.78 Å². The van der Waals surface area contributed by atoms with E-state index in [4.69, 9.17) is 9.84 Å². The number of aromatic nitrogens is 1. The zero-order chi connectivity index (χ0) is 18.7. The van der Waals surface area contributed by atoms with Gasteiger partial charge in [-0.15, -0.1) is 4.59 Å². The molecule has 2 atom stereocenters. The Kier molecular flexibility index (Phi) is 5.34. The van der Waals surface area contributed by atoms with Crippen LogP contribution in [0.4, 0.5) is 8.78 Å². The van der Waals surface area contributed by atoms with E-state index in [9.17, 15) is 8.78 Å². The Morgan fingerprint density at radius 3 is 2.67 bits per heavy atom. The van der Waals surface area contributed by atoms with Gasteiger partial charge in [0.05, 0.1) is 19.4 Å². The summed E-state index contributed by atoms with van der Waals surface area (Å²) >= 11 is 0. The minimum absolute atomic E-state index is 0.0558. The summed E-state index contributed by atoms with van der Waals surface area (Å²) in [5, 5.41) is 4.76. The number of nitrogens with zero attached hydrogens (tertiary/aromatic N) is 4. The van der Waals surface area contributed by atoms with Crippen molar-refractivity contribution in [2.24, 2.45) is 5.10 Å². The van der Waals surface area contributed by atoms with Gasteiger partial charge in [0.2, 0.25) is 6.23 Å². The highest BCUT2D eigenvalue weighted by atomic mass is 19.3. The molecule has 2 fully saturated rings. The van der Waals surface area contributed by atoms with Crippen molar-refractivity contribution in [3.8, 4) is 0 Å². The second kappa shape index (κ2) is 7.73. The Morgan fingerprint density at radius 1 is 1.19 bits per heavy atom. The largest absolute Gasteiger partial charge is 0.327 e. The van der Waals surface area contributed by atoms with Gasteiger partial charge in [-0.25, -0.2) is 0 Å². The summed E-state index contributed by atoms with van der Waals surface area (Å²) in [5.41, 5.74) is -0.154. The second-order valence-corrected chi connectivity index (χ2v) is 7.65. The third-order valence-electron chi connectivity index (χ3n) is 5.90. The number of halogens is 2. The van der Waals surface area contributed by atoms with Gasteiger partial charge in [0.25, 0.3) is 0 Å². The topological polar surface area (TPSA) is 37.7 Å². The van der Waals surface area contributed by atoms with Crippen molar-refractivity contribution < 1.29 is 18.1 Å². The highest BCUT2D eigenvalue weighted by molar-refractivity contribution is 5.71. The fourth-order valence-electron chi connectivity index (χ4n) is 4.47. The summed E-state index contributed by atoms with van der Waals surface area (Å²) in [7, 11) is 0. The van der Waals surface area contributed by atoms with Gasteiger partial charge in [0, 0.05) is 44.6 Å². The van der Waals surface area contributed by atoms with Crippen LogP contribution in [-0.2, 0) is 10.7 Å². The van der Waals surface area contributed by atoms with Crippen molar-refractivity contribution in [1.82, 2.24) is 9.88 Å². The van der Waals surface area contributed by atoms with Crippen LogP contribution in [0, 0.1) is 0 Å². The van der Waals surface area contributed by atoms with Gasteiger partial charge >= 0.3 is 5.92 Å². The molecular weight excluding hydrogens is 350 g/mol. The monoisotopic (exact) mass is 377 g/mol. The van der Waals surface area contributed by atoms with E-state index >= 15 is 0 Å². The van der Waals surface area contributed by atoms with Gasteiger partial charge in [-0.1, -0.05) is 11.2 Å². The Balaban J connectivity index is 1.39. The molecule has 4 rings (SSSR count). The highest BCUT2D eigenvalue weighted by Crippen LogP contribution is 2.36. The van der Waals surface area contributed by atoms with E-state index in [-0.39, 0.29) is 24.5 Å². The predicted molar refractivity (Wildman–Crippen MR) is 99.1 cm³/mol. The van der Waals surface area contributed by atoms with Crippen LogP contribution in [0.25, 0.3) is 0 Å². The van der Waals surface area contributed by atoms with Crippen LogP contribution in [-0.4, -0.2) is 59.2 Å². The maximum absolute atomic E-state index is 14.5. The van der Waals surface area contributed by atoms with E-state index < -0.39 is 5.92 Å². The Morgan fingerprint density at radius 2 is 2.04 bits per heavy atom. The Hall–Kier alpha value is -1.70. The molecule has 0 N–H and O–H groups in total. The lowest BCUT2D eigenvalue weighted by Crippen LogP contribution is -2.58. The van der Waals surface area contributed by atoms with E-state index in [2.05, 4.69) is 11.2 Å². The summed E-state index contributed by atoms with van der Waals surface area (Å²) in [5.74, 6) is -2.93. The first-order chi connectivity index (χ1) is 13.1. The van der Waals surface area contributed by atoms with Crippen molar-refractivity contribution in [1.29, 1.82) is 0 Å². The zero-order valence-corrected chi connectivity index (χ0v) is 15.5. The van der Waals surface area contributed by atoms with Gasteiger partial charge in [0.15, 0.2) is 0 Å². The fraction of sp³-hybridized carbons (Fsp3) is 0.600. The average Bonchev–Trinajstić information content (AvgIpc) is 3.21. The predicted octanol–water partition coefficient (Wildman–Crippen LogP) is 3.49. The molecule has 0 radical (unpaired) electrons. The lowest BCUT2D eigenvalue weighted by molar-refractivity contribution is -0.956. The minimum atomic E-state index is -2.93. The van der Waals surface area contributed by atoms with Gasteiger partial charge in [-0.3, -0.25) is 9.88 Å². The minimum Gasteiger partial charge on any atom is -0.327 e. The number of alkyl halides is 2. The molecule has 7 heteroatoms. The number of hydrogen-bond acceptors (Lipinski definition) is 4. The van der Waals surface area contributed by atoms with Gasteiger partial charge < -0.3 is 4.74 Å². The molecule has 2 saturated heterocycles. The molecule has 3 aliphatic rings. The molecule has 0 bridgehead atoms. The van der Waals surface area contributed by atoms with E-state index in [1.165, 1.54) is 12.3 Å². The first kappa shape index (κ1) is 18.7. The van der Waals surface area contributed by atoms with E-state index in [1.807, 2.05) is 17.2 Å². The zero-order valence-electron chi connectivity index (χ0n) is 15.5. The maximum Gasteiger partial charge on any atom is 0.302 e. The standard InChI is InChI=1S/C20H27F2N4O/c21-20(22,18-6-1-3-10-23-18)16-25-12-8-17(9-13-25)26(14-5-11-24-26)19-7-2-4-15-27-19/h1,3,5-6,10-11,14,17,19H,2,4,7-9,12-13,15-16H2/q+1. The summed E-state index contributed by atoms with van der Waals surface area (Å²) in [6, 6.07) is 4.95. The van der Waals surface area contributed by atoms with E-state index in [0.717, 1.165) is 38.7 Å². The first-order valence-corrected chi connectivity index (χ1v) is 9.85. The van der Waals surface area contributed by atoms with Crippen LogP contribution < -0.4 is 0 Å². The summed E-state index contributed by atoms with van der Waals surface area (Å²) < 4.78 is 35.6. The summed E-state index contributed by atoms with van der Waals surface area (Å²) in [4.78, 5) is 5.70. The van der Waals surface area contributed by atoms with Crippen molar-refractivity contribution in [3.05, 3.63) is 42.4 Å². The number of piperidine rings is 1. The van der Waals surface area contributed by atoms with Crippen molar-refractivity contribution >= 4 is 6.21 Å². The number of rotatable bonds is 5. The number of ether oxygens (including phenoxy) is 1. The van der Waals surface area contributed by atoms with Crippen molar-refractivity contribution in [3.63, 3.8) is 0 Å². The van der Waals surface area contributed by atoms with Crippen molar-refractivity contribution in [2.45, 2.75) is 50.3 Å². The summed E-state index contributed by atoms with van der Waals surface area (Å²) in [6.07, 6.45) is 12.4. The Labute approximate surface area is 158 Å². The number of quaternary nitrogens is 1. The molecule has 0 aliphatic carbocycles. The molecule has 4 heterocycles. The molecule has 5 nitrogen and oxygen atoms in total. The average molecular weight is 377 g/mol. The maximum atomic E-state index is 14.5. The molecule has 2 unspecified atom stereocenters. The molecular formula is C20H27F2N4O+. The van der Waals surface area contributed by atoms with Crippen LogP contribution in [0.3, 0.4) is 0 Å². The number of hydrogen-bond donors (Lipinski definition) is 0. The SMILES string of the molecule is FC(F)(CN1CCC([N+]2(C3CCCCO3)C=CC=N2)CC1)c1ccccn1. The molecule has 27 heavy (non-hydrogen) atoms. The number of allylic oxidation sites excluding steroid dienone is 1. The van der Waals surface area contributed by atoms with Crippen LogP contribution in [0.2, 0.25) is 0 Å². The van der Waals surface area contributed by atoms with Crippen LogP contribution >= 0.6 is 0 Å². The molecule has 0 saturated carbocycles. The van der Waals surface area contributed by atoms with Crippen LogP contribution in [0.1, 0.15) is 37.8 Å². The summed E-state index contributed by atoms with van der Waals surface area (Å²) in [6.45, 7) is 1.78. The first-order valence-electron chi connectivity index (χ1n) is 9.85. The fourth-order valence-corrected chi connectivity index (χ4v) is 4.47. The third kappa shape index (κ3) is 3.81. The Bertz CT molecular complexity index is 668. The number of pyridine rings is 1. The van der Waals surface area contributed by atoms with Gasteiger partial charge in [-0.05, 0) is 25.0 Å². The highest BCUT2D eigenvalue weighted by Gasteiger charge is 2.48. The van der Waals surface area contributed by atoms with Gasteiger partial charge in [0.1, 0.15) is 17.9 Å². The lowest BCUT2D eigenvalue weighted by Gasteiger charge is -2.44. The van der Waals surface area contributed by atoms with Crippen LogP contribution in [0.5, 0.6) is 0 Å². The molecule has 0 amide bonds. The molecule has 0 aromatic carbocycles. The molecule has 146 valence electrons. The molecule has 0 spiro atoms. The van der Waals surface area contributed by atoms with Crippen LogP contribution in [0.15, 0.2) is 41.8 Å². The van der Waals surface area contributed by atoms with Crippen molar-refractivity contribution in [2.75, 3.05) is 26.2 Å². The molecule has 1 aromatic rings. The second-order valence-electron chi connectivity index (χ2n) is 7.65. The lowest BCUT2D eigenvalue weighted by atomic mass is 10.00. The molecule has 3 aliphatic heterocycles.